The fourth-order valence-corrected chi connectivity index (χ4v) is 4.73. The van der Waals surface area contributed by atoms with Crippen LogP contribution in [0.5, 0.6) is 0 Å². The number of hydrogen-bond acceptors (Lipinski definition) is 4. The lowest BCUT2D eigenvalue weighted by Crippen LogP contribution is -2.38. The Morgan fingerprint density at radius 2 is 1.67 bits per heavy atom. The Kier molecular flexibility index (Phi) is 6.77. The fourth-order valence-electron chi connectivity index (χ4n) is 4.35. The van der Waals surface area contributed by atoms with Gasteiger partial charge in [0, 0.05) is 29.4 Å². The number of nitrogens with one attached hydrogen (secondary N) is 1. The number of halogens is 2. The van der Waals surface area contributed by atoms with Gasteiger partial charge in [-0.1, -0.05) is 48.5 Å². The van der Waals surface area contributed by atoms with Gasteiger partial charge in [-0.2, -0.15) is 0 Å². The summed E-state index contributed by atoms with van der Waals surface area (Å²) < 4.78 is 0. The molecule has 1 heterocycles. The fraction of sp³-hybridized carbons (Fsp3) is 0.320. The summed E-state index contributed by atoms with van der Waals surface area (Å²) in [5.74, 6) is -1.21. The minimum absolute atomic E-state index is 0.0144. The molecule has 2 aromatic carbocycles. The summed E-state index contributed by atoms with van der Waals surface area (Å²) in [7, 11) is 1.85. The zero-order valence-corrected chi connectivity index (χ0v) is 20.0. The third-order valence-electron chi connectivity index (χ3n) is 6.35. The summed E-state index contributed by atoms with van der Waals surface area (Å²) in [5, 5.41) is 3.19. The van der Waals surface area contributed by atoms with Gasteiger partial charge in [-0.05, 0) is 61.7 Å². The van der Waals surface area contributed by atoms with Crippen molar-refractivity contribution in [1.82, 2.24) is 4.90 Å². The summed E-state index contributed by atoms with van der Waals surface area (Å²) in [4.78, 5) is 41.5. The first-order valence-electron chi connectivity index (χ1n) is 11.0. The highest BCUT2D eigenvalue weighted by Gasteiger charge is 2.39. The molecule has 0 saturated heterocycles. The summed E-state index contributed by atoms with van der Waals surface area (Å²) in [5.41, 5.74) is 2.10. The van der Waals surface area contributed by atoms with Crippen LogP contribution in [0.2, 0.25) is 5.02 Å². The lowest BCUT2D eigenvalue weighted by atomic mass is 9.94. The van der Waals surface area contributed by atoms with Gasteiger partial charge in [0.1, 0.15) is 10.7 Å². The Hall–Kier alpha value is -2.83. The molecule has 0 unspecified atom stereocenters. The maximum atomic E-state index is 13.0. The molecule has 1 saturated carbocycles. The first-order valence-corrected chi connectivity index (χ1v) is 11.7. The van der Waals surface area contributed by atoms with E-state index in [-0.39, 0.29) is 22.7 Å². The standard InChI is InChI=1S/C25H25Cl2N3O3/c1-15-19(26)9-6-10-20(15)30-24(32)21(27)22(25(30)33)28-17-13-11-16(12-14-17)23(31)29(2)18-7-4-3-5-8-18/h6,9-14,18,28H,3-5,7-8H2,1-2H3. The number of imide groups is 1. The van der Waals surface area contributed by atoms with Gasteiger partial charge in [-0.15, -0.1) is 0 Å². The molecule has 1 aliphatic carbocycles. The minimum Gasteiger partial charge on any atom is -0.350 e. The average molecular weight is 486 g/mol. The summed E-state index contributed by atoms with van der Waals surface area (Å²) in [6.07, 6.45) is 5.60. The third-order valence-corrected chi connectivity index (χ3v) is 7.11. The zero-order chi connectivity index (χ0) is 23.7. The average Bonchev–Trinajstić information content (AvgIpc) is 3.04. The van der Waals surface area contributed by atoms with Crippen molar-refractivity contribution >= 4 is 52.3 Å². The second-order valence-corrected chi connectivity index (χ2v) is 9.21. The SMILES string of the molecule is Cc1c(Cl)cccc1N1C(=O)C(Cl)=C(Nc2ccc(C(=O)N(C)C3CCCCC3)cc2)C1=O. The Morgan fingerprint density at radius 3 is 2.33 bits per heavy atom. The van der Waals surface area contributed by atoms with E-state index in [1.54, 1.807) is 49.4 Å². The predicted octanol–water partition coefficient (Wildman–Crippen LogP) is 5.49. The molecule has 1 fully saturated rings. The lowest BCUT2D eigenvalue weighted by molar-refractivity contribution is -0.120. The second kappa shape index (κ2) is 9.57. The van der Waals surface area contributed by atoms with E-state index in [1.807, 2.05) is 11.9 Å². The molecule has 0 aromatic heterocycles. The van der Waals surface area contributed by atoms with Crippen LogP contribution in [-0.2, 0) is 9.59 Å². The predicted molar refractivity (Wildman–Crippen MR) is 131 cm³/mol. The van der Waals surface area contributed by atoms with Crippen LogP contribution in [0.4, 0.5) is 11.4 Å². The molecule has 4 rings (SSSR count). The molecular weight excluding hydrogens is 461 g/mol. The van der Waals surface area contributed by atoms with E-state index in [1.165, 1.54) is 6.42 Å². The van der Waals surface area contributed by atoms with Gasteiger partial charge < -0.3 is 10.2 Å². The molecule has 0 radical (unpaired) electrons. The molecule has 1 aliphatic heterocycles. The zero-order valence-electron chi connectivity index (χ0n) is 18.5. The molecule has 172 valence electrons. The number of benzene rings is 2. The van der Waals surface area contributed by atoms with Gasteiger partial charge in [-0.25, -0.2) is 4.90 Å². The van der Waals surface area contributed by atoms with E-state index < -0.39 is 11.8 Å². The molecular formula is C25H25Cl2N3O3. The number of anilines is 2. The van der Waals surface area contributed by atoms with Gasteiger partial charge in [0.15, 0.2) is 0 Å². The van der Waals surface area contributed by atoms with Gasteiger partial charge in [0.05, 0.1) is 5.69 Å². The number of carbonyl (C=O) groups is 3. The summed E-state index contributed by atoms with van der Waals surface area (Å²) in [6, 6.07) is 12.1. The smallest absolute Gasteiger partial charge is 0.283 e. The van der Waals surface area contributed by atoms with Gasteiger partial charge in [0.25, 0.3) is 17.7 Å². The first-order chi connectivity index (χ1) is 15.8. The van der Waals surface area contributed by atoms with Gasteiger partial charge in [0.2, 0.25) is 0 Å². The van der Waals surface area contributed by atoms with E-state index >= 15 is 0 Å². The summed E-state index contributed by atoms with van der Waals surface area (Å²) >= 11 is 12.4. The molecule has 2 aliphatic rings. The summed E-state index contributed by atoms with van der Waals surface area (Å²) in [6.45, 7) is 1.73. The van der Waals surface area contributed by atoms with Crippen LogP contribution in [0.15, 0.2) is 53.2 Å². The molecule has 0 spiro atoms. The van der Waals surface area contributed by atoms with Crippen LogP contribution in [0.25, 0.3) is 0 Å². The molecule has 33 heavy (non-hydrogen) atoms. The molecule has 3 amide bonds. The Morgan fingerprint density at radius 1 is 1.00 bits per heavy atom. The van der Waals surface area contributed by atoms with Crippen LogP contribution >= 0.6 is 23.2 Å². The topological polar surface area (TPSA) is 69.7 Å². The van der Waals surface area contributed by atoms with Crippen molar-refractivity contribution in [3.8, 4) is 0 Å². The third kappa shape index (κ3) is 4.50. The highest BCUT2D eigenvalue weighted by atomic mass is 35.5. The van der Waals surface area contributed by atoms with Gasteiger partial charge in [-0.3, -0.25) is 14.4 Å². The van der Waals surface area contributed by atoms with Crippen LogP contribution in [0.3, 0.4) is 0 Å². The van der Waals surface area contributed by atoms with Crippen molar-refractivity contribution in [2.24, 2.45) is 0 Å². The first kappa shape index (κ1) is 23.3. The lowest BCUT2D eigenvalue weighted by Gasteiger charge is -2.31. The van der Waals surface area contributed by atoms with E-state index in [4.69, 9.17) is 23.2 Å². The van der Waals surface area contributed by atoms with Crippen molar-refractivity contribution in [2.45, 2.75) is 45.1 Å². The highest BCUT2D eigenvalue weighted by Crippen LogP contribution is 2.34. The molecule has 8 heteroatoms. The van der Waals surface area contributed by atoms with Gasteiger partial charge >= 0.3 is 0 Å². The number of hydrogen-bond donors (Lipinski definition) is 1. The molecule has 1 N–H and O–H groups in total. The highest BCUT2D eigenvalue weighted by molar-refractivity contribution is 6.53. The normalized spacial score (nSPS) is 17.0. The molecule has 2 aromatic rings. The number of rotatable bonds is 5. The van der Waals surface area contributed by atoms with E-state index in [2.05, 4.69) is 5.32 Å². The maximum Gasteiger partial charge on any atom is 0.283 e. The molecule has 0 bridgehead atoms. The quantitative estimate of drug-likeness (QED) is 0.568. The van der Waals surface area contributed by atoms with E-state index in [9.17, 15) is 14.4 Å². The van der Waals surface area contributed by atoms with Crippen LogP contribution in [0.1, 0.15) is 48.0 Å². The number of carbonyl (C=O) groups excluding carboxylic acids is 3. The van der Waals surface area contributed by atoms with E-state index in [0.717, 1.165) is 30.6 Å². The maximum absolute atomic E-state index is 13.0. The van der Waals surface area contributed by atoms with Crippen molar-refractivity contribution in [1.29, 1.82) is 0 Å². The monoisotopic (exact) mass is 485 g/mol. The molecule has 6 nitrogen and oxygen atoms in total. The largest absolute Gasteiger partial charge is 0.350 e. The van der Waals surface area contributed by atoms with Crippen molar-refractivity contribution < 1.29 is 14.4 Å². The minimum atomic E-state index is -0.615. The van der Waals surface area contributed by atoms with E-state index in [0.29, 0.717) is 27.5 Å². The van der Waals surface area contributed by atoms with Crippen molar-refractivity contribution in [3.63, 3.8) is 0 Å². The van der Waals surface area contributed by atoms with Crippen LogP contribution in [-0.4, -0.2) is 35.7 Å². The van der Waals surface area contributed by atoms with Crippen molar-refractivity contribution in [3.05, 3.63) is 69.3 Å². The Bertz CT molecular complexity index is 1140. The van der Waals surface area contributed by atoms with Crippen molar-refractivity contribution in [2.75, 3.05) is 17.3 Å². The number of nitrogens with zero attached hydrogens (tertiary/aromatic N) is 2. The Labute approximate surface area is 203 Å². The Balaban J connectivity index is 1.49. The van der Waals surface area contributed by atoms with Crippen LogP contribution in [0, 0.1) is 6.92 Å². The second-order valence-electron chi connectivity index (χ2n) is 8.43. The number of amides is 3. The van der Waals surface area contributed by atoms with Crippen LogP contribution < -0.4 is 10.2 Å². The molecule has 0 atom stereocenters.